The molecule has 14 heteroatoms. The molecule has 4 rings (SSSR count). The maximum absolute atomic E-state index is 13.8. The van der Waals surface area contributed by atoms with Crippen LogP contribution in [0.3, 0.4) is 0 Å². The Balaban J connectivity index is 1.59. The zero-order valence-electron chi connectivity index (χ0n) is 23.3. The Kier molecular flexibility index (Phi) is 10.2. The van der Waals surface area contributed by atoms with Crippen LogP contribution in [0.4, 0.5) is 4.79 Å². The lowest BCUT2D eigenvalue weighted by Crippen LogP contribution is -2.38. The number of pyridine rings is 2. The van der Waals surface area contributed by atoms with Crippen LogP contribution in [-0.2, 0) is 39.1 Å². The number of ether oxygens (including phenoxy) is 1. The average Bonchev–Trinajstić information content (AvgIpc) is 2.98. The van der Waals surface area contributed by atoms with Crippen molar-refractivity contribution < 1.29 is 27.9 Å². The van der Waals surface area contributed by atoms with E-state index in [1.165, 1.54) is 22.8 Å². The lowest BCUT2D eigenvalue weighted by Gasteiger charge is -2.25. The fourth-order valence-electron chi connectivity index (χ4n) is 4.08. The Morgan fingerprint density at radius 2 is 1.72 bits per heavy atom. The molecule has 0 saturated carbocycles. The first-order chi connectivity index (χ1) is 20.4. The molecular weight excluding hydrogens is 640 g/mol. The van der Waals surface area contributed by atoms with Crippen LogP contribution in [0.15, 0.2) is 88.5 Å². The van der Waals surface area contributed by atoms with Gasteiger partial charge in [-0.2, -0.15) is 14.5 Å². The number of aliphatic carboxylic acids is 1. The molecule has 43 heavy (non-hydrogen) atoms. The number of amides is 1. The molecule has 0 radical (unpaired) electrons. The van der Waals surface area contributed by atoms with Gasteiger partial charge in [0.2, 0.25) is 10.0 Å². The molecule has 0 unspecified atom stereocenters. The number of carbonyl (C=O) groups excluding carboxylic acids is 1. The number of carboxylic acid groups (broad SMARTS) is 1. The highest BCUT2D eigenvalue weighted by atomic mass is 79.9. The molecule has 3 heterocycles. The van der Waals surface area contributed by atoms with Gasteiger partial charge in [0.25, 0.3) is 0 Å². The van der Waals surface area contributed by atoms with Crippen molar-refractivity contribution in [2.45, 2.75) is 43.9 Å². The van der Waals surface area contributed by atoms with Gasteiger partial charge in [0.15, 0.2) is 0 Å². The van der Waals surface area contributed by atoms with Crippen LogP contribution in [0.25, 0.3) is 11.3 Å². The van der Waals surface area contributed by atoms with Crippen molar-refractivity contribution in [3.8, 4) is 11.3 Å². The van der Waals surface area contributed by atoms with E-state index in [2.05, 4.69) is 41.4 Å². The zero-order chi connectivity index (χ0) is 31.0. The lowest BCUT2D eigenvalue weighted by molar-refractivity contribution is -0.136. The van der Waals surface area contributed by atoms with E-state index in [-0.39, 0.29) is 24.4 Å². The normalized spacial score (nSPS) is 11.7. The van der Waals surface area contributed by atoms with Crippen molar-refractivity contribution in [1.82, 2.24) is 29.8 Å². The van der Waals surface area contributed by atoms with Gasteiger partial charge in [-0.25, -0.2) is 13.2 Å². The second-order valence-electron chi connectivity index (χ2n) is 10.0. The number of hydrogen-bond acceptors (Lipinski definition) is 9. The van der Waals surface area contributed by atoms with Crippen LogP contribution >= 0.6 is 15.9 Å². The summed E-state index contributed by atoms with van der Waals surface area (Å²) in [6.45, 7) is 2.54. The quantitative estimate of drug-likeness (QED) is 0.223. The van der Waals surface area contributed by atoms with Gasteiger partial charge in [-0.15, -0.1) is 0 Å². The van der Waals surface area contributed by atoms with Crippen LogP contribution in [-0.4, -0.2) is 62.2 Å². The van der Waals surface area contributed by atoms with E-state index in [0.717, 1.165) is 5.56 Å². The fourth-order valence-corrected chi connectivity index (χ4v) is 5.76. The number of benzene rings is 1. The molecule has 2 N–H and O–H groups in total. The van der Waals surface area contributed by atoms with Crippen LogP contribution in [0.2, 0.25) is 0 Å². The number of carboxylic acids is 1. The van der Waals surface area contributed by atoms with E-state index in [0.29, 0.717) is 27.2 Å². The molecule has 4 aromatic rings. The highest BCUT2D eigenvalue weighted by Crippen LogP contribution is 2.25. The number of sulfonamides is 1. The minimum absolute atomic E-state index is 0.0121. The second-order valence-corrected chi connectivity index (χ2v) is 12.8. The predicted molar refractivity (Wildman–Crippen MR) is 160 cm³/mol. The summed E-state index contributed by atoms with van der Waals surface area (Å²) >= 11 is 3.48. The third kappa shape index (κ3) is 8.86. The van der Waals surface area contributed by atoms with E-state index in [4.69, 9.17) is 9.84 Å². The molecule has 224 valence electrons. The summed E-state index contributed by atoms with van der Waals surface area (Å²) in [6, 6.07) is 19.5. The Morgan fingerprint density at radius 1 is 0.977 bits per heavy atom. The van der Waals surface area contributed by atoms with Gasteiger partial charge < -0.3 is 15.2 Å². The van der Waals surface area contributed by atoms with Crippen LogP contribution < -0.4 is 5.32 Å². The Hall–Kier alpha value is -4.27. The smallest absolute Gasteiger partial charge is 0.408 e. The van der Waals surface area contributed by atoms with Crippen molar-refractivity contribution in [3.05, 3.63) is 101 Å². The fraction of sp³-hybridized carbons (Fsp3) is 0.241. The van der Waals surface area contributed by atoms with E-state index in [1.807, 2.05) is 30.3 Å². The average molecular weight is 670 g/mol. The number of nitrogens with zero attached hydrogens (tertiary/aromatic N) is 5. The highest BCUT2D eigenvalue weighted by molar-refractivity contribution is 9.10. The van der Waals surface area contributed by atoms with E-state index >= 15 is 0 Å². The summed E-state index contributed by atoms with van der Waals surface area (Å²) in [4.78, 5) is 31.4. The Labute approximate surface area is 257 Å². The molecule has 0 aliphatic heterocycles. The molecule has 0 spiro atoms. The van der Waals surface area contributed by atoms with Gasteiger partial charge in [-0.1, -0.05) is 30.3 Å². The summed E-state index contributed by atoms with van der Waals surface area (Å²) in [5.41, 5.74) is 1.88. The minimum Gasteiger partial charge on any atom is -0.480 e. The zero-order valence-corrected chi connectivity index (χ0v) is 25.7. The molecule has 3 aromatic heterocycles. The second kappa shape index (κ2) is 13.8. The minimum atomic E-state index is -4.04. The summed E-state index contributed by atoms with van der Waals surface area (Å²) in [5.74, 6) is -1.20. The van der Waals surface area contributed by atoms with Crippen LogP contribution in [0.1, 0.15) is 30.9 Å². The standard InChI is InChI=1S/C29H29BrN6O6S/c1-29(2,42-28(39)32-17-27(37)38)15-21-10-12-24(30)26(33-21)19-36(43(40,41)23-9-6-14-31-16-23)18-22-11-13-25(35-34-22)20-7-4-3-5-8-20/h3-14,16H,15,17-19H2,1-2H3,(H,32,39)(H,37,38). The molecule has 0 aliphatic carbocycles. The number of halogens is 1. The van der Waals surface area contributed by atoms with Gasteiger partial charge in [-0.05, 0) is 66.2 Å². The van der Waals surface area contributed by atoms with Crippen molar-refractivity contribution in [2.75, 3.05) is 6.54 Å². The van der Waals surface area contributed by atoms with E-state index in [1.54, 1.807) is 44.2 Å². The number of rotatable bonds is 12. The molecule has 0 saturated heterocycles. The first-order valence-corrected chi connectivity index (χ1v) is 15.3. The van der Waals surface area contributed by atoms with Crippen molar-refractivity contribution >= 4 is 38.0 Å². The number of aromatic nitrogens is 4. The molecule has 0 aliphatic rings. The first-order valence-electron chi connectivity index (χ1n) is 13.0. The molecule has 0 atom stereocenters. The van der Waals surface area contributed by atoms with E-state index in [9.17, 15) is 18.0 Å². The van der Waals surface area contributed by atoms with E-state index < -0.39 is 34.2 Å². The van der Waals surface area contributed by atoms with Crippen molar-refractivity contribution in [1.29, 1.82) is 0 Å². The monoisotopic (exact) mass is 668 g/mol. The van der Waals surface area contributed by atoms with Gasteiger partial charge >= 0.3 is 12.1 Å². The highest BCUT2D eigenvalue weighted by Gasteiger charge is 2.29. The summed E-state index contributed by atoms with van der Waals surface area (Å²) in [7, 11) is -4.04. The maximum Gasteiger partial charge on any atom is 0.408 e. The number of nitrogens with one attached hydrogen (secondary N) is 1. The first kappa shape index (κ1) is 31.7. The maximum atomic E-state index is 13.8. The van der Waals surface area contributed by atoms with Crippen molar-refractivity contribution in [2.24, 2.45) is 0 Å². The molecular formula is C29H29BrN6O6S. The summed E-state index contributed by atoms with van der Waals surface area (Å²) < 4.78 is 34.7. The number of carbonyl (C=O) groups is 2. The van der Waals surface area contributed by atoms with Crippen molar-refractivity contribution in [3.63, 3.8) is 0 Å². The van der Waals surface area contributed by atoms with Gasteiger partial charge in [0.05, 0.1) is 30.2 Å². The molecule has 0 bridgehead atoms. The summed E-state index contributed by atoms with van der Waals surface area (Å²) in [6.07, 6.45) is 2.07. The summed E-state index contributed by atoms with van der Waals surface area (Å²) in [5, 5.41) is 19.5. The largest absolute Gasteiger partial charge is 0.480 e. The molecule has 1 aromatic carbocycles. The SMILES string of the molecule is CC(C)(Cc1ccc(Br)c(CN(Cc2ccc(-c3ccccc3)nn2)S(=O)(=O)c2cccnc2)n1)OC(=O)NCC(=O)O. The topological polar surface area (TPSA) is 165 Å². The Bertz CT molecular complexity index is 1670. The number of alkyl carbamates (subject to hydrolysis) is 1. The number of hydrogen-bond donors (Lipinski definition) is 2. The van der Waals surface area contributed by atoms with Crippen LogP contribution in [0.5, 0.6) is 0 Å². The van der Waals surface area contributed by atoms with Gasteiger partial charge in [0.1, 0.15) is 17.0 Å². The third-order valence-corrected chi connectivity index (χ3v) is 8.56. The molecule has 0 fully saturated rings. The van der Waals surface area contributed by atoms with Crippen LogP contribution in [0, 0.1) is 0 Å². The third-order valence-electron chi connectivity index (χ3n) is 6.06. The molecule has 12 nitrogen and oxygen atoms in total. The van der Waals surface area contributed by atoms with Gasteiger partial charge in [0, 0.05) is 34.5 Å². The Morgan fingerprint density at radius 3 is 2.37 bits per heavy atom. The molecule has 1 amide bonds. The predicted octanol–water partition coefficient (Wildman–Crippen LogP) is 4.22. The van der Waals surface area contributed by atoms with Gasteiger partial charge in [-0.3, -0.25) is 14.8 Å². The lowest BCUT2D eigenvalue weighted by atomic mass is 10.0.